The number of β-amino-alcohol motifs (C(OH)–C–C–N with tert-alkyl or cyclic N) is 2. The zero-order valence-corrected chi connectivity index (χ0v) is 11.3. The predicted octanol–water partition coefficient (Wildman–Crippen LogP) is -0.265. The minimum absolute atomic E-state index is 0.133. The number of aromatic nitrogens is 1. The van der Waals surface area contributed by atoms with Crippen LogP contribution in [0.15, 0.2) is 18.3 Å². The number of halogens is 1. The van der Waals surface area contributed by atoms with Crippen LogP contribution in [0.5, 0.6) is 0 Å². The molecule has 2 unspecified atom stereocenters. The van der Waals surface area contributed by atoms with Crippen molar-refractivity contribution < 1.29 is 15.0 Å². The van der Waals surface area contributed by atoms with E-state index in [1.54, 1.807) is 24.1 Å². The molecular weight excluding hydrogens is 270 g/mol. The molecule has 1 aliphatic rings. The number of pyridine rings is 1. The van der Waals surface area contributed by atoms with Gasteiger partial charge >= 0.3 is 0 Å². The number of aliphatic hydroxyl groups excluding tert-OH is 2. The van der Waals surface area contributed by atoms with Gasteiger partial charge in [-0.15, -0.1) is 0 Å². The number of nitrogens with zero attached hydrogens (tertiary/aromatic N) is 3. The third kappa shape index (κ3) is 3.34. The first-order chi connectivity index (χ1) is 8.97. The molecule has 1 aromatic heterocycles. The van der Waals surface area contributed by atoms with Crippen LogP contribution < -0.4 is 4.90 Å². The van der Waals surface area contributed by atoms with E-state index < -0.39 is 12.2 Å². The van der Waals surface area contributed by atoms with E-state index in [2.05, 4.69) is 4.98 Å². The number of hydrogen-bond acceptors (Lipinski definition) is 5. The molecule has 1 fully saturated rings. The molecule has 0 aliphatic carbocycles. The zero-order chi connectivity index (χ0) is 14.0. The quantitative estimate of drug-likeness (QED) is 0.800. The fourth-order valence-corrected chi connectivity index (χ4v) is 2.06. The maximum atomic E-state index is 12.0. The lowest BCUT2D eigenvalue weighted by molar-refractivity contribution is -0.129. The molecule has 2 N–H and O–H groups in total. The van der Waals surface area contributed by atoms with E-state index in [1.807, 2.05) is 0 Å². The van der Waals surface area contributed by atoms with E-state index in [0.717, 1.165) is 0 Å². The van der Waals surface area contributed by atoms with Crippen LogP contribution >= 0.6 is 11.6 Å². The highest BCUT2D eigenvalue weighted by atomic mass is 35.5. The van der Waals surface area contributed by atoms with E-state index in [4.69, 9.17) is 11.6 Å². The fourth-order valence-electron chi connectivity index (χ4n) is 1.95. The second kappa shape index (κ2) is 5.73. The van der Waals surface area contributed by atoms with Gasteiger partial charge in [0.1, 0.15) is 5.82 Å². The topological polar surface area (TPSA) is 76.9 Å². The Morgan fingerprint density at radius 3 is 2.63 bits per heavy atom. The molecule has 1 amide bonds. The van der Waals surface area contributed by atoms with Crippen LogP contribution in [-0.4, -0.2) is 64.9 Å². The summed E-state index contributed by atoms with van der Waals surface area (Å²) in [6, 6.07) is 3.43. The number of hydrogen-bond donors (Lipinski definition) is 2. The monoisotopic (exact) mass is 285 g/mol. The van der Waals surface area contributed by atoms with Crippen molar-refractivity contribution in [2.75, 3.05) is 31.6 Å². The van der Waals surface area contributed by atoms with E-state index >= 15 is 0 Å². The van der Waals surface area contributed by atoms with Gasteiger partial charge in [-0.25, -0.2) is 4.98 Å². The van der Waals surface area contributed by atoms with Gasteiger partial charge in [-0.05, 0) is 12.1 Å². The van der Waals surface area contributed by atoms with Gasteiger partial charge in [0.15, 0.2) is 0 Å². The third-order valence-electron chi connectivity index (χ3n) is 3.09. The van der Waals surface area contributed by atoms with Gasteiger partial charge in [0.05, 0.1) is 23.8 Å². The maximum absolute atomic E-state index is 12.0. The van der Waals surface area contributed by atoms with Gasteiger partial charge in [-0.1, -0.05) is 11.6 Å². The van der Waals surface area contributed by atoms with Crippen LogP contribution in [-0.2, 0) is 4.79 Å². The second-order valence-electron chi connectivity index (χ2n) is 4.62. The molecule has 0 radical (unpaired) electrons. The Balaban J connectivity index is 1.94. The summed E-state index contributed by atoms with van der Waals surface area (Å²) in [4.78, 5) is 19.2. The summed E-state index contributed by atoms with van der Waals surface area (Å²) in [7, 11) is 1.75. The molecule has 0 spiro atoms. The SMILES string of the molecule is CN(CC(=O)N1CC(O)C(O)C1)c1ccc(Cl)cn1. The number of amides is 1. The maximum Gasteiger partial charge on any atom is 0.242 e. The highest BCUT2D eigenvalue weighted by Gasteiger charge is 2.32. The van der Waals surface area contributed by atoms with E-state index in [-0.39, 0.29) is 25.5 Å². The van der Waals surface area contributed by atoms with Crippen molar-refractivity contribution in [2.24, 2.45) is 0 Å². The van der Waals surface area contributed by atoms with Crippen LogP contribution in [0.2, 0.25) is 5.02 Å². The normalized spacial score (nSPS) is 22.6. The summed E-state index contributed by atoms with van der Waals surface area (Å²) in [6.45, 7) is 0.470. The van der Waals surface area contributed by atoms with Crippen molar-refractivity contribution in [1.29, 1.82) is 0 Å². The highest BCUT2D eigenvalue weighted by molar-refractivity contribution is 6.30. The van der Waals surface area contributed by atoms with Crippen LogP contribution in [0, 0.1) is 0 Å². The molecule has 0 aromatic carbocycles. The molecule has 104 valence electrons. The van der Waals surface area contributed by atoms with Crippen molar-refractivity contribution in [2.45, 2.75) is 12.2 Å². The molecule has 1 aromatic rings. The molecule has 1 aliphatic heterocycles. The molecule has 2 atom stereocenters. The van der Waals surface area contributed by atoms with Crippen molar-refractivity contribution in [3.05, 3.63) is 23.4 Å². The first kappa shape index (κ1) is 14.0. The summed E-state index contributed by atoms with van der Waals surface area (Å²) in [6.07, 6.45) is -0.202. The molecule has 1 saturated heterocycles. The Bertz CT molecular complexity index is 444. The van der Waals surface area contributed by atoms with Crippen molar-refractivity contribution >= 4 is 23.3 Å². The number of anilines is 1. The van der Waals surface area contributed by atoms with E-state index in [1.165, 1.54) is 11.1 Å². The molecule has 6 nitrogen and oxygen atoms in total. The minimum Gasteiger partial charge on any atom is -0.388 e. The summed E-state index contributed by atoms with van der Waals surface area (Å²) in [5.74, 6) is 0.480. The van der Waals surface area contributed by atoms with E-state index in [0.29, 0.717) is 10.8 Å². The van der Waals surface area contributed by atoms with Crippen molar-refractivity contribution in [3.63, 3.8) is 0 Å². The van der Waals surface area contributed by atoms with Crippen LogP contribution in [0.1, 0.15) is 0 Å². The first-order valence-electron chi connectivity index (χ1n) is 5.94. The Kier molecular flexibility index (Phi) is 4.24. The Hall–Kier alpha value is -1.37. The molecule has 2 heterocycles. The predicted molar refractivity (Wildman–Crippen MR) is 71.1 cm³/mol. The number of likely N-dealkylation sites (tertiary alicyclic amines) is 1. The number of carbonyl (C=O) groups excluding carboxylic acids is 1. The minimum atomic E-state index is -0.858. The average molecular weight is 286 g/mol. The van der Waals surface area contributed by atoms with Crippen LogP contribution in [0.4, 0.5) is 5.82 Å². The fraction of sp³-hybridized carbons (Fsp3) is 0.500. The first-order valence-corrected chi connectivity index (χ1v) is 6.32. The number of rotatable bonds is 3. The largest absolute Gasteiger partial charge is 0.388 e. The number of aliphatic hydroxyl groups is 2. The van der Waals surface area contributed by atoms with E-state index in [9.17, 15) is 15.0 Å². The molecular formula is C12H16ClN3O3. The lowest BCUT2D eigenvalue weighted by Crippen LogP contribution is -2.38. The average Bonchev–Trinajstić information content (AvgIpc) is 2.70. The van der Waals surface area contributed by atoms with Gasteiger partial charge in [-0.3, -0.25) is 4.79 Å². The molecule has 19 heavy (non-hydrogen) atoms. The second-order valence-corrected chi connectivity index (χ2v) is 5.06. The Morgan fingerprint density at radius 2 is 2.11 bits per heavy atom. The summed E-state index contributed by atoms with van der Waals surface area (Å²) >= 11 is 5.75. The highest BCUT2D eigenvalue weighted by Crippen LogP contribution is 2.14. The zero-order valence-electron chi connectivity index (χ0n) is 10.5. The smallest absolute Gasteiger partial charge is 0.242 e. The summed E-state index contributed by atoms with van der Waals surface area (Å²) in [5.41, 5.74) is 0. The standard InChI is InChI=1S/C12H16ClN3O3/c1-15(11-3-2-8(13)4-14-11)7-12(19)16-5-9(17)10(18)6-16/h2-4,9-10,17-18H,5-7H2,1H3. The summed E-state index contributed by atoms with van der Waals surface area (Å²) in [5, 5.41) is 19.4. The number of likely N-dealkylation sites (N-methyl/N-ethyl adjacent to an activating group) is 1. The van der Waals surface area contributed by atoms with Gasteiger partial charge in [0.2, 0.25) is 5.91 Å². The number of carbonyl (C=O) groups is 1. The molecule has 0 bridgehead atoms. The van der Waals surface area contributed by atoms with Gasteiger partial charge in [0.25, 0.3) is 0 Å². The molecule has 7 heteroatoms. The molecule has 2 rings (SSSR count). The van der Waals surface area contributed by atoms with Crippen LogP contribution in [0.25, 0.3) is 0 Å². The Morgan fingerprint density at radius 1 is 1.47 bits per heavy atom. The third-order valence-corrected chi connectivity index (χ3v) is 3.31. The molecule has 0 saturated carbocycles. The van der Waals surface area contributed by atoms with Crippen molar-refractivity contribution in [3.8, 4) is 0 Å². The lowest BCUT2D eigenvalue weighted by Gasteiger charge is -2.22. The van der Waals surface area contributed by atoms with Gasteiger partial charge in [-0.2, -0.15) is 0 Å². The van der Waals surface area contributed by atoms with Crippen LogP contribution in [0.3, 0.4) is 0 Å². The van der Waals surface area contributed by atoms with Gasteiger partial charge in [0, 0.05) is 26.3 Å². The lowest BCUT2D eigenvalue weighted by atomic mass is 10.3. The summed E-state index contributed by atoms with van der Waals surface area (Å²) < 4.78 is 0. The van der Waals surface area contributed by atoms with Crippen molar-refractivity contribution in [1.82, 2.24) is 9.88 Å². The Labute approximate surface area is 116 Å². The van der Waals surface area contributed by atoms with Gasteiger partial charge < -0.3 is 20.0 Å².